The van der Waals surface area contributed by atoms with Gasteiger partial charge in [0, 0.05) is 12.1 Å². The van der Waals surface area contributed by atoms with Gasteiger partial charge < -0.3 is 5.32 Å². The van der Waals surface area contributed by atoms with Gasteiger partial charge in [-0.2, -0.15) is 0 Å². The van der Waals surface area contributed by atoms with Crippen LogP contribution in [-0.2, 0) is 6.42 Å². The van der Waals surface area contributed by atoms with Gasteiger partial charge >= 0.3 is 0 Å². The Morgan fingerprint density at radius 2 is 1.50 bits per heavy atom. The number of hydrogen-bond acceptors (Lipinski definition) is 5. The van der Waals surface area contributed by atoms with E-state index in [-0.39, 0.29) is 5.91 Å². The minimum absolute atomic E-state index is 0.0965. The van der Waals surface area contributed by atoms with Crippen molar-refractivity contribution < 1.29 is 4.79 Å². The zero-order valence-electron chi connectivity index (χ0n) is 17.5. The first kappa shape index (κ1) is 20.5. The predicted octanol–water partition coefficient (Wildman–Crippen LogP) is 6.37. The smallest absolute Gasteiger partial charge is 0.251 e. The molecule has 3 aromatic heterocycles. The summed E-state index contributed by atoms with van der Waals surface area (Å²) in [6.45, 7) is 2.66. The fraction of sp³-hybridized carbons (Fsp3) is 0.115. The van der Waals surface area contributed by atoms with Gasteiger partial charge in [0.15, 0.2) is 0 Å². The molecular weight excluding hydrogens is 434 g/mol. The molecule has 4 nitrogen and oxygen atoms in total. The summed E-state index contributed by atoms with van der Waals surface area (Å²) < 4.78 is 0. The number of nitrogens with zero attached hydrogens (tertiary/aromatic N) is 2. The van der Waals surface area contributed by atoms with Crippen LogP contribution in [0.1, 0.15) is 21.5 Å². The Hall–Kier alpha value is -3.35. The van der Waals surface area contributed by atoms with Gasteiger partial charge in [0.25, 0.3) is 5.91 Å². The van der Waals surface area contributed by atoms with Crippen LogP contribution in [0.2, 0.25) is 0 Å². The molecule has 2 aromatic carbocycles. The molecule has 1 amide bonds. The summed E-state index contributed by atoms with van der Waals surface area (Å²) in [7, 11) is 0. The Bertz CT molecular complexity index is 1360. The normalized spacial score (nSPS) is 11.0. The van der Waals surface area contributed by atoms with Crippen molar-refractivity contribution in [3.8, 4) is 21.1 Å². The highest BCUT2D eigenvalue weighted by molar-refractivity contribution is 7.14. The SMILES string of the molecule is Cc1ccc(CCNC(=O)c2ccc3nc(-c4cccs4)c(-c4cccs4)nc3c2)cc1. The van der Waals surface area contributed by atoms with Crippen LogP contribution in [0.15, 0.2) is 77.5 Å². The van der Waals surface area contributed by atoms with Crippen molar-refractivity contribution in [2.75, 3.05) is 6.54 Å². The predicted molar refractivity (Wildman–Crippen MR) is 133 cm³/mol. The fourth-order valence-corrected chi connectivity index (χ4v) is 4.97. The quantitative estimate of drug-likeness (QED) is 0.324. The first-order valence-electron chi connectivity index (χ1n) is 10.4. The lowest BCUT2D eigenvalue weighted by Crippen LogP contribution is -2.25. The third-order valence-corrected chi connectivity index (χ3v) is 7.01. The number of thiophene rings is 2. The molecule has 32 heavy (non-hydrogen) atoms. The van der Waals surface area contributed by atoms with Crippen molar-refractivity contribution in [3.05, 3.63) is 94.2 Å². The Kier molecular flexibility index (Phi) is 5.79. The Balaban J connectivity index is 1.41. The Morgan fingerprint density at radius 3 is 2.12 bits per heavy atom. The second-order valence-corrected chi connectivity index (χ2v) is 9.47. The largest absolute Gasteiger partial charge is 0.352 e. The molecule has 0 saturated heterocycles. The summed E-state index contributed by atoms with van der Waals surface area (Å²) in [6, 6.07) is 22.1. The number of nitrogens with one attached hydrogen (secondary N) is 1. The van der Waals surface area contributed by atoms with E-state index in [0.29, 0.717) is 12.1 Å². The average Bonchev–Trinajstić information content (AvgIpc) is 3.53. The van der Waals surface area contributed by atoms with Gasteiger partial charge in [-0.15, -0.1) is 22.7 Å². The summed E-state index contributed by atoms with van der Waals surface area (Å²) >= 11 is 3.29. The van der Waals surface area contributed by atoms with Crippen LogP contribution in [0.25, 0.3) is 32.2 Å². The van der Waals surface area contributed by atoms with Gasteiger partial charge in [-0.3, -0.25) is 4.79 Å². The van der Waals surface area contributed by atoms with E-state index in [9.17, 15) is 4.79 Å². The van der Waals surface area contributed by atoms with Gasteiger partial charge in [0.2, 0.25) is 0 Å². The minimum Gasteiger partial charge on any atom is -0.352 e. The average molecular weight is 456 g/mol. The van der Waals surface area contributed by atoms with E-state index in [1.807, 2.05) is 41.1 Å². The van der Waals surface area contributed by atoms with E-state index < -0.39 is 0 Å². The third kappa shape index (κ3) is 4.33. The number of aryl methyl sites for hydroxylation is 1. The molecule has 0 fully saturated rings. The van der Waals surface area contributed by atoms with E-state index in [4.69, 9.17) is 9.97 Å². The number of amides is 1. The zero-order valence-corrected chi connectivity index (χ0v) is 19.2. The summed E-state index contributed by atoms with van der Waals surface area (Å²) in [6.07, 6.45) is 0.798. The summed E-state index contributed by atoms with van der Waals surface area (Å²) in [4.78, 5) is 24.7. The molecule has 0 radical (unpaired) electrons. The van der Waals surface area contributed by atoms with Crippen molar-refractivity contribution in [3.63, 3.8) is 0 Å². The van der Waals surface area contributed by atoms with Crippen LogP contribution in [0.3, 0.4) is 0 Å². The molecule has 5 rings (SSSR count). The molecule has 3 heterocycles. The molecule has 6 heteroatoms. The molecule has 0 aliphatic rings. The van der Waals surface area contributed by atoms with Gasteiger partial charge in [-0.25, -0.2) is 9.97 Å². The minimum atomic E-state index is -0.0965. The lowest BCUT2D eigenvalue weighted by atomic mass is 10.1. The van der Waals surface area contributed by atoms with Crippen LogP contribution in [0.5, 0.6) is 0 Å². The maximum Gasteiger partial charge on any atom is 0.251 e. The summed E-state index contributed by atoms with van der Waals surface area (Å²) in [5.41, 5.74) is 6.28. The number of carbonyl (C=O) groups excluding carboxylic acids is 1. The van der Waals surface area contributed by atoms with Crippen LogP contribution in [-0.4, -0.2) is 22.4 Å². The maximum atomic E-state index is 12.7. The second kappa shape index (κ2) is 9.02. The maximum absolute atomic E-state index is 12.7. The lowest BCUT2D eigenvalue weighted by Gasteiger charge is -2.09. The first-order chi connectivity index (χ1) is 15.7. The molecule has 0 bridgehead atoms. The number of benzene rings is 2. The van der Waals surface area contributed by atoms with Crippen molar-refractivity contribution in [1.82, 2.24) is 15.3 Å². The molecule has 0 aliphatic carbocycles. The van der Waals surface area contributed by atoms with Crippen LogP contribution < -0.4 is 5.32 Å². The molecule has 0 atom stereocenters. The van der Waals surface area contributed by atoms with E-state index in [1.54, 1.807) is 22.7 Å². The number of aromatic nitrogens is 2. The van der Waals surface area contributed by atoms with Crippen molar-refractivity contribution in [2.45, 2.75) is 13.3 Å². The fourth-order valence-electron chi connectivity index (χ4n) is 3.54. The van der Waals surface area contributed by atoms with Gasteiger partial charge in [0.1, 0.15) is 11.4 Å². The molecule has 1 N–H and O–H groups in total. The lowest BCUT2D eigenvalue weighted by molar-refractivity contribution is 0.0954. The highest BCUT2D eigenvalue weighted by Gasteiger charge is 2.16. The van der Waals surface area contributed by atoms with Crippen LogP contribution in [0.4, 0.5) is 0 Å². The number of fused-ring (bicyclic) bond motifs is 1. The zero-order chi connectivity index (χ0) is 21.9. The summed E-state index contributed by atoms with van der Waals surface area (Å²) in [5.74, 6) is -0.0965. The molecule has 0 saturated carbocycles. The summed E-state index contributed by atoms with van der Waals surface area (Å²) in [5, 5.41) is 7.10. The van der Waals surface area contributed by atoms with Crippen molar-refractivity contribution >= 4 is 39.6 Å². The highest BCUT2D eigenvalue weighted by Crippen LogP contribution is 2.35. The molecule has 158 valence electrons. The second-order valence-electron chi connectivity index (χ2n) is 7.57. The van der Waals surface area contributed by atoms with E-state index in [1.165, 1.54) is 11.1 Å². The standard InChI is InChI=1S/C26H21N3OS2/c1-17-6-8-18(9-7-17)12-13-27-26(30)19-10-11-20-21(16-19)29-25(23-5-3-15-32-23)24(28-20)22-4-2-14-31-22/h2-11,14-16H,12-13H2,1H3,(H,27,30). The van der Waals surface area contributed by atoms with Crippen molar-refractivity contribution in [1.29, 1.82) is 0 Å². The van der Waals surface area contributed by atoms with Gasteiger partial charge in [-0.05, 0) is 60.0 Å². The van der Waals surface area contributed by atoms with E-state index in [2.05, 4.69) is 48.6 Å². The van der Waals surface area contributed by atoms with Crippen LogP contribution >= 0.6 is 22.7 Å². The molecule has 0 unspecified atom stereocenters. The molecular formula is C26H21N3OS2. The third-order valence-electron chi connectivity index (χ3n) is 5.26. The Labute approximate surface area is 194 Å². The number of hydrogen-bond donors (Lipinski definition) is 1. The Morgan fingerprint density at radius 1 is 0.844 bits per heavy atom. The van der Waals surface area contributed by atoms with Gasteiger partial charge in [0.05, 0.1) is 20.8 Å². The topological polar surface area (TPSA) is 54.9 Å². The first-order valence-corrected chi connectivity index (χ1v) is 12.2. The van der Waals surface area contributed by atoms with E-state index >= 15 is 0 Å². The molecule has 0 aliphatic heterocycles. The number of rotatable bonds is 6. The van der Waals surface area contributed by atoms with Gasteiger partial charge in [-0.1, -0.05) is 42.0 Å². The highest BCUT2D eigenvalue weighted by atomic mass is 32.1. The van der Waals surface area contributed by atoms with Crippen molar-refractivity contribution in [2.24, 2.45) is 0 Å². The monoisotopic (exact) mass is 455 g/mol. The van der Waals surface area contributed by atoms with E-state index in [0.717, 1.165) is 38.6 Å². The molecule has 5 aromatic rings. The number of carbonyl (C=O) groups is 1. The molecule has 0 spiro atoms. The van der Waals surface area contributed by atoms with Crippen LogP contribution in [0, 0.1) is 6.92 Å².